The van der Waals surface area contributed by atoms with Crippen LogP contribution in [0.2, 0.25) is 0 Å². The Morgan fingerprint density at radius 1 is 0.600 bits per heavy atom. The van der Waals surface area contributed by atoms with E-state index in [1.54, 1.807) is 0 Å². The third kappa shape index (κ3) is 3.99. The number of pyridine rings is 2. The van der Waals surface area contributed by atoms with Crippen molar-refractivity contribution in [3.05, 3.63) is 92.0 Å². The van der Waals surface area contributed by atoms with Crippen LogP contribution in [-0.4, -0.2) is 9.97 Å². The molecule has 0 aliphatic carbocycles. The molecule has 0 fully saturated rings. The Labute approximate surface area is 194 Å². The quantitative estimate of drug-likeness (QED) is 0.271. The second-order valence-corrected chi connectivity index (χ2v) is 9.35. The molecule has 2 aromatic heterocycles. The molecular formula is C26H22Br2N2. The number of hydrogen-bond acceptors (Lipinski definition) is 2. The largest absolute Gasteiger partial charge is 0.255 e. The van der Waals surface area contributed by atoms with Gasteiger partial charge < -0.3 is 0 Å². The van der Waals surface area contributed by atoms with Gasteiger partial charge in [-0.3, -0.25) is 4.98 Å². The van der Waals surface area contributed by atoms with Crippen LogP contribution in [0.4, 0.5) is 0 Å². The lowest BCUT2D eigenvalue weighted by atomic mass is 9.92. The Bertz CT molecular complexity index is 1250. The van der Waals surface area contributed by atoms with Crippen molar-refractivity contribution in [2.75, 3.05) is 0 Å². The molecule has 2 aromatic carbocycles. The number of aryl methyl sites for hydroxylation is 4. The minimum absolute atomic E-state index is 0.875. The monoisotopic (exact) mass is 520 g/mol. The van der Waals surface area contributed by atoms with Crippen molar-refractivity contribution < 1.29 is 0 Å². The van der Waals surface area contributed by atoms with Gasteiger partial charge in [0, 0.05) is 26.3 Å². The van der Waals surface area contributed by atoms with Crippen LogP contribution in [0, 0.1) is 27.7 Å². The molecule has 0 aliphatic rings. The predicted molar refractivity (Wildman–Crippen MR) is 133 cm³/mol. The molecule has 0 radical (unpaired) electrons. The van der Waals surface area contributed by atoms with Crippen molar-refractivity contribution in [1.82, 2.24) is 9.97 Å². The Morgan fingerprint density at radius 2 is 1.23 bits per heavy atom. The number of rotatable bonds is 3. The zero-order valence-corrected chi connectivity index (χ0v) is 20.6. The number of hydrogen-bond donors (Lipinski definition) is 0. The Kier molecular flexibility index (Phi) is 5.90. The summed E-state index contributed by atoms with van der Waals surface area (Å²) < 4.78 is 2.24. The summed E-state index contributed by atoms with van der Waals surface area (Å²) in [6, 6.07) is 19.0. The molecule has 2 heterocycles. The second kappa shape index (κ2) is 8.44. The zero-order valence-electron chi connectivity index (χ0n) is 17.4. The molecule has 0 atom stereocenters. The lowest BCUT2D eigenvalue weighted by Crippen LogP contribution is -1.98. The summed E-state index contributed by atoms with van der Waals surface area (Å²) in [5, 5.41) is 0. The molecule has 0 bridgehead atoms. The van der Waals surface area contributed by atoms with Gasteiger partial charge in [0.25, 0.3) is 0 Å². The van der Waals surface area contributed by atoms with Gasteiger partial charge in [0.2, 0.25) is 0 Å². The number of nitrogens with zero attached hydrogens (tertiary/aromatic N) is 2. The lowest BCUT2D eigenvalue weighted by molar-refractivity contribution is 1.23. The van der Waals surface area contributed by atoms with Crippen LogP contribution in [0.3, 0.4) is 0 Å². The van der Waals surface area contributed by atoms with E-state index >= 15 is 0 Å². The van der Waals surface area contributed by atoms with Crippen molar-refractivity contribution in [3.63, 3.8) is 0 Å². The zero-order chi connectivity index (χ0) is 21.4. The van der Waals surface area contributed by atoms with Gasteiger partial charge in [-0.05, 0) is 104 Å². The van der Waals surface area contributed by atoms with Crippen LogP contribution in [-0.2, 0) is 0 Å². The van der Waals surface area contributed by atoms with E-state index in [1.807, 2.05) is 24.4 Å². The predicted octanol–water partition coefficient (Wildman–Crippen LogP) is 8.24. The van der Waals surface area contributed by atoms with Crippen LogP contribution >= 0.6 is 31.9 Å². The van der Waals surface area contributed by atoms with Gasteiger partial charge in [-0.1, -0.05) is 37.9 Å². The van der Waals surface area contributed by atoms with Gasteiger partial charge in [-0.2, -0.15) is 0 Å². The standard InChI is InChI=1S/C26H22Br2N2/c1-15-13-22(27)17(3)11-20(15)19-8-9-25(24-7-5-6-10-29-24)30-26(19)21-12-18(4)23(28)14-16(21)2/h5-14H,1-4H3. The minimum Gasteiger partial charge on any atom is -0.255 e. The van der Waals surface area contributed by atoms with Gasteiger partial charge in [0.15, 0.2) is 0 Å². The molecule has 4 heteroatoms. The third-order valence-electron chi connectivity index (χ3n) is 5.38. The summed E-state index contributed by atoms with van der Waals surface area (Å²) in [7, 11) is 0. The summed E-state index contributed by atoms with van der Waals surface area (Å²) in [6.45, 7) is 8.52. The Morgan fingerprint density at radius 3 is 1.87 bits per heavy atom. The summed E-state index contributed by atoms with van der Waals surface area (Å²) >= 11 is 7.32. The molecule has 150 valence electrons. The number of benzene rings is 2. The minimum atomic E-state index is 0.875. The molecule has 0 spiro atoms. The van der Waals surface area contributed by atoms with E-state index in [-0.39, 0.29) is 0 Å². The normalized spacial score (nSPS) is 11.0. The Hall–Kier alpha value is -2.30. The number of aromatic nitrogens is 2. The first-order valence-electron chi connectivity index (χ1n) is 9.82. The van der Waals surface area contributed by atoms with E-state index in [0.29, 0.717) is 0 Å². The fourth-order valence-electron chi connectivity index (χ4n) is 3.65. The van der Waals surface area contributed by atoms with Crippen LogP contribution in [0.25, 0.3) is 33.8 Å². The first-order chi connectivity index (χ1) is 14.3. The average Bonchev–Trinajstić information content (AvgIpc) is 2.74. The number of halogens is 2. The first-order valence-corrected chi connectivity index (χ1v) is 11.4. The van der Waals surface area contributed by atoms with Crippen molar-refractivity contribution >= 4 is 31.9 Å². The highest BCUT2D eigenvalue weighted by molar-refractivity contribution is 9.10. The molecule has 0 saturated heterocycles. The molecule has 30 heavy (non-hydrogen) atoms. The van der Waals surface area contributed by atoms with Crippen molar-refractivity contribution in [2.45, 2.75) is 27.7 Å². The molecule has 4 rings (SSSR count). The highest BCUT2D eigenvalue weighted by atomic mass is 79.9. The molecule has 2 nitrogen and oxygen atoms in total. The second-order valence-electron chi connectivity index (χ2n) is 7.64. The van der Waals surface area contributed by atoms with Crippen molar-refractivity contribution in [1.29, 1.82) is 0 Å². The van der Waals surface area contributed by atoms with E-state index in [0.717, 1.165) is 37.2 Å². The Balaban J connectivity index is 2.02. The van der Waals surface area contributed by atoms with Crippen LogP contribution in [0.5, 0.6) is 0 Å². The maximum Gasteiger partial charge on any atom is 0.0894 e. The maximum absolute atomic E-state index is 5.12. The molecule has 4 aromatic rings. The third-order valence-corrected chi connectivity index (χ3v) is 7.09. The SMILES string of the molecule is Cc1cc(-c2ccc(-c3ccccn3)nc2-c2cc(C)c(Br)cc2C)c(C)cc1Br. The highest BCUT2D eigenvalue weighted by Gasteiger charge is 2.17. The van der Waals surface area contributed by atoms with Crippen LogP contribution in [0.1, 0.15) is 22.3 Å². The molecular weight excluding hydrogens is 500 g/mol. The van der Waals surface area contributed by atoms with Gasteiger partial charge in [-0.15, -0.1) is 0 Å². The highest BCUT2D eigenvalue weighted by Crippen LogP contribution is 2.38. The van der Waals surface area contributed by atoms with Crippen molar-refractivity contribution in [3.8, 4) is 33.8 Å². The van der Waals surface area contributed by atoms with Gasteiger partial charge in [0.1, 0.15) is 0 Å². The lowest BCUT2D eigenvalue weighted by Gasteiger charge is -2.17. The van der Waals surface area contributed by atoms with Crippen molar-refractivity contribution in [2.24, 2.45) is 0 Å². The molecule has 0 amide bonds. The van der Waals surface area contributed by atoms with Gasteiger partial charge >= 0.3 is 0 Å². The van der Waals surface area contributed by atoms with E-state index in [1.165, 1.54) is 27.8 Å². The molecule has 0 N–H and O–H groups in total. The molecule has 0 aliphatic heterocycles. The van der Waals surface area contributed by atoms with E-state index in [2.05, 4.69) is 101 Å². The molecule has 0 saturated carbocycles. The summed E-state index contributed by atoms with van der Waals surface area (Å²) in [6.07, 6.45) is 1.81. The topological polar surface area (TPSA) is 25.8 Å². The smallest absolute Gasteiger partial charge is 0.0894 e. The maximum atomic E-state index is 5.12. The molecule has 0 unspecified atom stereocenters. The van der Waals surface area contributed by atoms with Crippen LogP contribution in [0.15, 0.2) is 69.7 Å². The summed E-state index contributed by atoms with van der Waals surface area (Å²) in [4.78, 5) is 9.63. The summed E-state index contributed by atoms with van der Waals surface area (Å²) in [5.41, 5.74) is 11.0. The van der Waals surface area contributed by atoms with E-state index < -0.39 is 0 Å². The van der Waals surface area contributed by atoms with Gasteiger partial charge in [-0.25, -0.2) is 4.98 Å². The average molecular weight is 522 g/mol. The fourth-order valence-corrected chi connectivity index (χ4v) is 4.56. The summed E-state index contributed by atoms with van der Waals surface area (Å²) in [5.74, 6) is 0. The van der Waals surface area contributed by atoms with E-state index in [9.17, 15) is 0 Å². The van der Waals surface area contributed by atoms with E-state index in [4.69, 9.17) is 4.98 Å². The fraction of sp³-hybridized carbons (Fsp3) is 0.154. The van der Waals surface area contributed by atoms with Gasteiger partial charge in [0.05, 0.1) is 17.1 Å². The van der Waals surface area contributed by atoms with Crippen LogP contribution < -0.4 is 0 Å². The first kappa shape index (κ1) is 21.0.